The summed E-state index contributed by atoms with van der Waals surface area (Å²) in [6.45, 7) is 3.91. The van der Waals surface area contributed by atoms with E-state index in [4.69, 9.17) is 9.47 Å². The van der Waals surface area contributed by atoms with Crippen molar-refractivity contribution >= 4 is 12.1 Å². The van der Waals surface area contributed by atoms with Crippen molar-refractivity contribution in [2.75, 3.05) is 13.7 Å². The molecule has 0 aromatic heterocycles. The van der Waals surface area contributed by atoms with Crippen LogP contribution in [-0.4, -0.2) is 31.3 Å². The lowest BCUT2D eigenvalue weighted by molar-refractivity contribution is -0.144. The number of alkyl carbamates (subject to hydrolysis) is 1. The first kappa shape index (κ1) is 17.3. The maximum atomic E-state index is 12.4. The lowest BCUT2D eigenvalue weighted by Crippen LogP contribution is -2.46. The molecule has 0 spiro atoms. The zero-order valence-electron chi connectivity index (χ0n) is 15.1. The van der Waals surface area contributed by atoms with Gasteiger partial charge in [-0.3, -0.25) is 0 Å². The number of rotatable bonds is 5. The number of carbonyl (C=O) groups is 2. The molecular formula is C22H21NO4. The van der Waals surface area contributed by atoms with Gasteiger partial charge in [-0.15, -0.1) is 6.58 Å². The van der Waals surface area contributed by atoms with Gasteiger partial charge < -0.3 is 14.8 Å². The van der Waals surface area contributed by atoms with Gasteiger partial charge in [-0.1, -0.05) is 54.6 Å². The Morgan fingerprint density at radius 1 is 1.15 bits per heavy atom. The number of hydrogen-bond acceptors (Lipinski definition) is 4. The van der Waals surface area contributed by atoms with Crippen LogP contribution in [0.25, 0.3) is 11.1 Å². The number of benzene rings is 2. The lowest BCUT2D eigenvalue weighted by Gasteiger charge is -2.18. The minimum atomic E-state index is -1.04. The maximum absolute atomic E-state index is 12.4. The maximum Gasteiger partial charge on any atom is 0.408 e. The molecule has 0 radical (unpaired) electrons. The van der Waals surface area contributed by atoms with Gasteiger partial charge in [0.15, 0.2) is 0 Å². The monoisotopic (exact) mass is 363 g/mol. The van der Waals surface area contributed by atoms with Crippen LogP contribution >= 0.6 is 0 Å². The topological polar surface area (TPSA) is 64.6 Å². The second-order valence-corrected chi connectivity index (χ2v) is 6.96. The fourth-order valence-corrected chi connectivity index (χ4v) is 4.00. The molecule has 138 valence electrons. The largest absolute Gasteiger partial charge is 0.467 e. The van der Waals surface area contributed by atoms with Crippen LogP contribution in [0.5, 0.6) is 0 Å². The molecule has 1 N–H and O–H groups in total. The van der Waals surface area contributed by atoms with Crippen molar-refractivity contribution in [3.05, 3.63) is 72.3 Å². The summed E-state index contributed by atoms with van der Waals surface area (Å²) >= 11 is 0. The molecule has 5 heteroatoms. The summed E-state index contributed by atoms with van der Waals surface area (Å²) in [4.78, 5) is 24.4. The van der Waals surface area contributed by atoms with Crippen molar-refractivity contribution in [1.29, 1.82) is 0 Å². The summed E-state index contributed by atoms with van der Waals surface area (Å²) in [6.07, 6.45) is 1.51. The number of nitrogens with one attached hydrogen (secondary N) is 1. The number of esters is 1. The zero-order chi connectivity index (χ0) is 19.0. The Labute approximate surface area is 158 Å². The van der Waals surface area contributed by atoms with E-state index in [0.29, 0.717) is 6.42 Å². The molecule has 0 aliphatic heterocycles. The van der Waals surface area contributed by atoms with Crippen molar-refractivity contribution in [3.63, 3.8) is 0 Å². The van der Waals surface area contributed by atoms with Crippen molar-refractivity contribution in [2.24, 2.45) is 5.92 Å². The van der Waals surface area contributed by atoms with Crippen molar-refractivity contribution in [3.8, 4) is 11.1 Å². The van der Waals surface area contributed by atoms with Gasteiger partial charge in [-0.25, -0.2) is 9.59 Å². The lowest BCUT2D eigenvalue weighted by atomic mass is 9.98. The van der Waals surface area contributed by atoms with E-state index in [-0.39, 0.29) is 18.4 Å². The van der Waals surface area contributed by atoms with Crippen molar-refractivity contribution in [2.45, 2.75) is 17.9 Å². The number of ether oxygens (including phenoxy) is 2. The Hall–Kier alpha value is -3.08. The Balaban J connectivity index is 1.48. The van der Waals surface area contributed by atoms with Crippen LogP contribution in [0, 0.1) is 5.92 Å². The van der Waals surface area contributed by atoms with Gasteiger partial charge in [0.2, 0.25) is 0 Å². The summed E-state index contributed by atoms with van der Waals surface area (Å²) in [5, 5.41) is 2.68. The highest BCUT2D eigenvalue weighted by Crippen LogP contribution is 2.46. The Bertz CT molecular complexity index is 877. The first-order chi connectivity index (χ1) is 13.1. The summed E-state index contributed by atoms with van der Waals surface area (Å²) in [5.74, 6) is -0.627. The fraction of sp³-hybridized carbons (Fsp3) is 0.273. The molecule has 0 heterocycles. The van der Waals surface area contributed by atoms with Crippen LogP contribution in [0.3, 0.4) is 0 Å². The van der Waals surface area contributed by atoms with Gasteiger partial charge in [0.05, 0.1) is 7.11 Å². The molecule has 27 heavy (non-hydrogen) atoms. The second-order valence-electron chi connectivity index (χ2n) is 6.96. The Kier molecular flexibility index (Phi) is 4.22. The third-order valence-corrected chi connectivity index (χ3v) is 5.52. The Morgan fingerprint density at radius 3 is 2.26 bits per heavy atom. The van der Waals surface area contributed by atoms with E-state index in [9.17, 15) is 9.59 Å². The summed E-state index contributed by atoms with van der Waals surface area (Å²) in [6, 6.07) is 16.3. The average Bonchev–Trinajstić information content (AvgIpc) is 3.32. The molecule has 2 aromatic rings. The molecule has 4 rings (SSSR count). The van der Waals surface area contributed by atoms with Crippen molar-refractivity contribution in [1.82, 2.24) is 5.32 Å². The minimum absolute atomic E-state index is 0.0216. The van der Waals surface area contributed by atoms with Gasteiger partial charge in [-0.05, 0) is 28.7 Å². The van der Waals surface area contributed by atoms with E-state index in [1.807, 2.05) is 24.3 Å². The third-order valence-electron chi connectivity index (χ3n) is 5.52. The van der Waals surface area contributed by atoms with Crippen LogP contribution < -0.4 is 5.32 Å². The number of amides is 1. The van der Waals surface area contributed by atoms with Gasteiger partial charge in [0, 0.05) is 11.8 Å². The molecule has 2 aromatic carbocycles. The highest BCUT2D eigenvalue weighted by molar-refractivity contribution is 5.90. The van der Waals surface area contributed by atoms with Gasteiger partial charge in [0.25, 0.3) is 0 Å². The fourth-order valence-electron chi connectivity index (χ4n) is 4.00. The molecule has 0 bridgehead atoms. The van der Waals surface area contributed by atoms with Crippen LogP contribution in [0.15, 0.2) is 61.2 Å². The molecule has 5 nitrogen and oxygen atoms in total. The molecule has 1 amide bonds. The summed E-state index contributed by atoms with van der Waals surface area (Å²) in [5.41, 5.74) is 3.58. The number of methoxy groups -OCH3 is 1. The van der Waals surface area contributed by atoms with E-state index in [1.54, 1.807) is 6.08 Å². The molecular weight excluding hydrogens is 342 g/mol. The van der Waals surface area contributed by atoms with E-state index >= 15 is 0 Å². The smallest absolute Gasteiger partial charge is 0.408 e. The molecule has 0 unspecified atom stereocenters. The standard InChI is InChI=1S/C22H21NO4/c1-3-14-12-22(14,20(24)26-2)23-21(25)27-13-19-17-10-6-4-8-15(17)16-9-5-7-11-18(16)19/h3-11,14,19H,1,12-13H2,2H3,(H,23,25)/t14-,22-/m1/s1. The molecule has 2 atom stereocenters. The highest BCUT2D eigenvalue weighted by atomic mass is 16.6. The zero-order valence-corrected chi connectivity index (χ0v) is 15.1. The molecule has 1 saturated carbocycles. The van der Waals surface area contributed by atoms with Crippen LogP contribution in [0.4, 0.5) is 4.79 Å². The predicted molar refractivity (Wildman–Crippen MR) is 101 cm³/mol. The SMILES string of the molecule is C=C[C@@H]1C[C@]1(NC(=O)OCC1c2ccccc2-c2ccccc21)C(=O)OC. The first-order valence-corrected chi connectivity index (χ1v) is 8.95. The first-order valence-electron chi connectivity index (χ1n) is 8.95. The number of hydrogen-bond donors (Lipinski definition) is 1. The van der Waals surface area contributed by atoms with E-state index in [0.717, 1.165) is 11.1 Å². The van der Waals surface area contributed by atoms with E-state index in [2.05, 4.69) is 36.2 Å². The molecule has 2 aliphatic rings. The summed E-state index contributed by atoms with van der Waals surface area (Å²) < 4.78 is 10.3. The minimum Gasteiger partial charge on any atom is -0.467 e. The van der Waals surface area contributed by atoms with Crippen LogP contribution in [-0.2, 0) is 14.3 Å². The van der Waals surface area contributed by atoms with Gasteiger partial charge in [0.1, 0.15) is 12.1 Å². The van der Waals surface area contributed by atoms with Gasteiger partial charge >= 0.3 is 12.1 Å². The van der Waals surface area contributed by atoms with E-state index < -0.39 is 17.6 Å². The number of carbonyl (C=O) groups excluding carboxylic acids is 2. The Morgan fingerprint density at radius 2 is 1.74 bits per heavy atom. The molecule has 1 fully saturated rings. The highest BCUT2D eigenvalue weighted by Gasteiger charge is 2.61. The van der Waals surface area contributed by atoms with Crippen LogP contribution in [0.1, 0.15) is 23.5 Å². The normalized spacial score (nSPS) is 22.3. The molecule has 0 saturated heterocycles. The quantitative estimate of drug-likeness (QED) is 0.651. The van der Waals surface area contributed by atoms with Crippen LogP contribution in [0.2, 0.25) is 0 Å². The molecule has 2 aliphatic carbocycles. The third kappa shape index (κ3) is 2.79. The average molecular weight is 363 g/mol. The summed E-state index contributed by atoms with van der Waals surface area (Å²) in [7, 11) is 1.31. The number of fused-ring (bicyclic) bond motifs is 3. The second kappa shape index (κ2) is 6.58. The predicted octanol–water partition coefficient (Wildman–Crippen LogP) is 3.64. The van der Waals surface area contributed by atoms with Crippen molar-refractivity contribution < 1.29 is 19.1 Å². The van der Waals surface area contributed by atoms with Gasteiger partial charge in [-0.2, -0.15) is 0 Å². The van der Waals surface area contributed by atoms with E-state index in [1.165, 1.54) is 18.2 Å².